The van der Waals surface area contributed by atoms with Crippen molar-refractivity contribution >= 4 is 42.7 Å². The zero-order valence-corrected chi connectivity index (χ0v) is 7.13. The Balaban J connectivity index is 0. The van der Waals surface area contributed by atoms with Crippen molar-refractivity contribution in [1.82, 2.24) is 0 Å². The van der Waals surface area contributed by atoms with E-state index in [9.17, 15) is 0 Å². The van der Waals surface area contributed by atoms with E-state index in [1.54, 1.807) is 0 Å². The third-order valence-corrected chi connectivity index (χ3v) is 0. The Kier molecular flexibility index (Phi) is 8.68. The Morgan fingerprint density at radius 2 is 1.25 bits per heavy atom. The van der Waals surface area contributed by atoms with Gasteiger partial charge >= 0.3 is 32.1 Å². The molecule has 0 fully saturated rings. The zero-order valence-electron chi connectivity index (χ0n) is 3.28. The summed E-state index contributed by atoms with van der Waals surface area (Å²) in [4.78, 5) is 0. The third kappa shape index (κ3) is 325. The first-order valence-corrected chi connectivity index (χ1v) is 5.61. The second-order valence-corrected chi connectivity index (χ2v) is 3.53. The van der Waals surface area contributed by atoms with E-state index in [4.69, 9.17) is 13.2 Å². The fourth-order valence-electron chi connectivity index (χ4n) is 0. The van der Waals surface area contributed by atoms with Gasteiger partial charge in [-0.15, -0.1) is 0 Å². The summed E-state index contributed by atoms with van der Waals surface area (Å²) in [5, 5.41) is 0. The minimum absolute atomic E-state index is 3.19. The number of hydrogen-bond donors (Lipinski definition) is 2. The van der Waals surface area contributed by atoms with Gasteiger partial charge in [-0.25, -0.2) is 0 Å². The molecule has 0 saturated heterocycles. The molecule has 0 spiro atoms. The van der Waals surface area contributed by atoms with Crippen molar-refractivity contribution in [3.8, 4) is 0 Å². The van der Waals surface area contributed by atoms with E-state index < -0.39 is 19.0 Å². The third-order valence-electron chi connectivity index (χ3n) is 0. The van der Waals surface area contributed by atoms with Gasteiger partial charge in [0.05, 0.1) is 23.7 Å². The summed E-state index contributed by atoms with van der Waals surface area (Å²) in [5.41, 5.74) is 0. The van der Waals surface area contributed by atoms with Crippen LogP contribution in [0.1, 0.15) is 0 Å². The van der Waals surface area contributed by atoms with Crippen molar-refractivity contribution in [2.24, 2.45) is 0 Å². The molecule has 0 saturated carbocycles. The van der Waals surface area contributed by atoms with Gasteiger partial charge in [0.1, 0.15) is 0 Å². The van der Waals surface area contributed by atoms with Crippen molar-refractivity contribution in [2.45, 2.75) is 0 Å². The monoisotopic (exact) mass is 282 g/mol. The first kappa shape index (κ1) is 11.6. The Morgan fingerprint density at radius 1 is 1.25 bits per heavy atom. The van der Waals surface area contributed by atoms with E-state index in [0.29, 0.717) is 0 Å². The molecule has 52 valence electrons. The molecular formula is H2Cl2O5Te. The molecule has 0 atom stereocenters. The first-order valence-electron chi connectivity index (χ1n) is 1.01. The normalized spacial score (nSPS) is 9.50. The van der Waals surface area contributed by atoms with E-state index in [2.05, 4.69) is 27.6 Å². The molecule has 8 heteroatoms. The van der Waals surface area contributed by atoms with Crippen LogP contribution in [-0.4, -0.2) is 25.9 Å². The van der Waals surface area contributed by atoms with Crippen molar-refractivity contribution < 1.29 is 17.0 Å². The molecule has 5 nitrogen and oxygen atoms in total. The predicted octanol–water partition coefficient (Wildman–Crippen LogP) is -0.422. The maximum atomic E-state index is 8.85. The molecule has 0 aliphatic rings. The summed E-state index contributed by atoms with van der Waals surface area (Å²) in [7, 11) is 0. The van der Waals surface area contributed by atoms with Crippen LogP contribution in [0.5, 0.6) is 0 Å². The van der Waals surface area contributed by atoms with Crippen molar-refractivity contribution in [3.63, 3.8) is 0 Å². The molecule has 0 radical (unpaired) electrons. The van der Waals surface area contributed by atoms with E-state index in [1.807, 2.05) is 0 Å². The molecular weight excluding hydrogens is 279 g/mol. The first-order chi connectivity index (χ1) is 3.41. The molecule has 2 N–H and O–H groups in total. The van der Waals surface area contributed by atoms with Crippen molar-refractivity contribution in [1.29, 1.82) is 0 Å². The molecule has 0 bridgehead atoms. The van der Waals surface area contributed by atoms with Crippen LogP contribution in [0.2, 0.25) is 0 Å². The van der Waals surface area contributed by atoms with Crippen molar-refractivity contribution in [3.05, 3.63) is 0 Å². The minimum atomic E-state index is -5.52. The average molecular weight is 281 g/mol. The Morgan fingerprint density at radius 3 is 1.25 bits per heavy atom. The molecule has 8 heavy (non-hydrogen) atoms. The summed E-state index contributed by atoms with van der Waals surface area (Å²) >= 11 is 3.01. The zero-order chi connectivity index (χ0) is 7.21. The maximum absolute atomic E-state index is 8.85. The van der Waals surface area contributed by atoms with Gasteiger partial charge in [0, 0.05) is 0 Å². The van der Waals surface area contributed by atoms with Gasteiger partial charge in [-0.2, -0.15) is 3.84 Å². The summed E-state index contributed by atoms with van der Waals surface area (Å²) in [6.07, 6.45) is 0. The topological polar surface area (TPSA) is 83.8 Å². The van der Waals surface area contributed by atoms with E-state index in [0.717, 1.165) is 0 Å². The number of hydrogen-bond acceptors (Lipinski definition) is 3. The van der Waals surface area contributed by atoms with E-state index >= 15 is 0 Å². The summed E-state index contributed by atoms with van der Waals surface area (Å²) in [6, 6.07) is 0. The van der Waals surface area contributed by atoms with E-state index in [1.165, 1.54) is 0 Å². The fourth-order valence-corrected chi connectivity index (χ4v) is 0. The van der Waals surface area contributed by atoms with Crippen LogP contribution in [0, 0.1) is 0 Å². The van der Waals surface area contributed by atoms with Gasteiger partial charge in [0.25, 0.3) is 0 Å². The molecule has 0 rings (SSSR count). The molecule has 0 aromatic rings. The molecule has 0 aromatic carbocycles. The van der Waals surface area contributed by atoms with Crippen LogP contribution < -0.4 is 0 Å². The molecule has 0 aliphatic carbocycles. The Hall–Kier alpha value is 0.850. The molecule has 0 heterocycles. The van der Waals surface area contributed by atoms with Gasteiger partial charge in [0.15, 0.2) is 0 Å². The van der Waals surface area contributed by atoms with Crippen LogP contribution in [0.4, 0.5) is 0 Å². The summed E-state index contributed by atoms with van der Waals surface area (Å²) in [5.74, 6) is 0. The second kappa shape index (κ2) is 5.98. The summed E-state index contributed by atoms with van der Waals surface area (Å²) in [6.45, 7) is 0. The second-order valence-electron chi connectivity index (χ2n) is 0.506. The van der Waals surface area contributed by atoms with Gasteiger partial charge in [-0.3, -0.25) is 0 Å². The summed E-state index contributed by atoms with van der Waals surface area (Å²) < 4.78 is 35.2. The van der Waals surface area contributed by atoms with E-state index in [-0.39, 0.29) is 0 Å². The van der Waals surface area contributed by atoms with Crippen LogP contribution in [0.25, 0.3) is 0 Å². The molecule has 0 amide bonds. The fraction of sp³-hybridized carbons (Fsp3) is 0. The van der Waals surface area contributed by atoms with Crippen LogP contribution in [-0.2, 0) is 10.1 Å². The number of halogens is 2. The Labute approximate surface area is 59.8 Å². The van der Waals surface area contributed by atoms with Crippen LogP contribution in [0.3, 0.4) is 0 Å². The Bertz CT molecular complexity index is 104. The molecule has 0 aromatic heterocycles. The van der Waals surface area contributed by atoms with Gasteiger partial charge in [0.2, 0.25) is 0 Å². The van der Waals surface area contributed by atoms with Gasteiger partial charge in [-0.05, 0) is 0 Å². The molecule has 0 aliphatic heterocycles. The van der Waals surface area contributed by atoms with Gasteiger partial charge in [-0.1, -0.05) is 0 Å². The molecule has 0 unspecified atom stereocenters. The average Bonchev–Trinajstić information content (AvgIpc) is 1.27. The standard InChI is InChI=1S/Cl2O.H2O4Te/c1-3-2;1-5(2,3)4/h;(H2,1,2,3,4). The van der Waals surface area contributed by atoms with Crippen LogP contribution in [0.15, 0.2) is 0 Å². The van der Waals surface area contributed by atoms with Crippen LogP contribution >= 0.6 is 23.7 Å². The SMILES string of the molecule is ClOCl.O=[Te](=O)(O)O. The van der Waals surface area contributed by atoms with Crippen molar-refractivity contribution in [2.75, 3.05) is 0 Å². The predicted molar refractivity (Wildman–Crippen MR) is 24.4 cm³/mol. The number of rotatable bonds is 0. The quantitative estimate of drug-likeness (QED) is 0.589. The van der Waals surface area contributed by atoms with Gasteiger partial charge < -0.3 is 0 Å².